The van der Waals surface area contributed by atoms with Crippen molar-refractivity contribution in [1.29, 1.82) is 0 Å². The van der Waals surface area contributed by atoms with Crippen LogP contribution in [-0.2, 0) is 20.9 Å². The Morgan fingerprint density at radius 3 is 2.51 bits per heavy atom. The first-order chi connectivity index (χ1) is 19.9. The van der Waals surface area contributed by atoms with Gasteiger partial charge >= 0.3 is 5.97 Å². The number of amides is 2. The Kier molecular flexibility index (Phi) is 10.4. The molecule has 0 saturated heterocycles. The zero-order valence-corrected chi connectivity index (χ0v) is 24.0. The predicted molar refractivity (Wildman–Crippen MR) is 155 cm³/mol. The summed E-state index contributed by atoms with van der Waals surface area (Å²) in [5.74, 6) is 0.538. The lowest BCUT2D eigenvalue weighted by atomic mass is 9.83. The molecule has 1 unspecified atom stereocenters. The third-order valence-electron chi connectivity index (χ3n) is 7.07. The normalized spacial score (nSPS) is 15.1. The molecule has 1 atom stereocenters. The van der Waals surface area contributed by atoms with Gasteiger partial charge < -0.3 is 24.1 Å². The zero-order valence-electron chi connectivity index (χ0n) is 24.0. The Labute approximate surface area is 241 Å². The van der Waals surface area contributed by atoms with Crippen LogP contribution in [0.4, 0.5) is 0 Å². The monoisotopic (exact) mass is 558 g/mol. The van der Waals surface area contributed by atoms with Gasteiger partial charge in [0.15, 0.2) is 5.76 Å². The summed E-state index contributed by atoms with van der Waals surface area (Å²) in [6.45, 7) is 6.53. The van der Waals surface area contributed by atoms with Crippen molar-refractivity contribution in [2.45, 2.75) is 65.3 Å². The number of carbonyl (C=O) groups is 3. The van der Waals surface area contributed by atoms with Crippen molar-refractivity contribution in [1.82, 2.24) is 10.2 Å². The van der Waals surface area contributed by atoms with Crippen LogP contribution >= 0.6 is 0 Å². The number of nitrogens with one attached hydrogen (secondary N) is 1. The molecule has 41 heavy (non-hydrogen) atoms. The standard InChI is InChI=1S/C33H38N2O6/c1-4-6-7-11-19-34-32(37)29-18-17-27(41-29)22-35-23(3)31(33(38)39-5-2)28(21-30(35)36)24-13-12-16-26(20-24)40-25-14-9-8-10-15-25/h8-10,12-18,20,28H,4-7,11,19,21-22H2,1-3H3,(H,34,37). The van der Waals surface area contributed by atoms with E-state index in [1.54, 1.807) is 26.0 Å². The summed E-state index contributed by atoms with van der Waals surface area (Å²) in [4.78, 5) is 40.7. The van der Waals surface area contributed by atoms with E-state index in [-0.39, 0.29) is 37.1 Å². The molecule has 0 saturated carbocycles. The summed E-state index contributed by atoms with van der Waals surface area (Å²) < 4.78 is 17.2. The molecule has 1 aliphatic heterocycles. The highest BCUT2D eigenvalue weighted by Crippen LogP contribution is 2.39. The van der Waals surface area contributed by atoms with Crippen LogP contribution in [-0.4, -0.2) is 35.8 Å². The highest BCUT2D eigenvalue weighted by molar-refractivity contribution is 5.96. The Morgan fingerprint density at radius 2 is 1.76 bits per heavy atom. The van der Waals surface area contributed by atoms with Gasteiger partial charge in [0.05, 0.1) is 18.7 Å². The van der Waals surface area contributed by atoms with E-state index in [0.717, 1.165) is 31.2 Å². The minimum atomic E-state index is -0.497. The van der Waals surface area contributed by atoms with Crippen LogP contribution in [0, 0.1) is 0 Å². The average Bonchev–Trinajstić information content (AvgIpc) is 3.44. The van der Waals surface area contributed by atoms with Crippen LogP contribution in [0.3, 0.4) is 0 Å². The number of rotatable bonds is 13. The average molecular weight is 559 g/mol. The number of para-hydroxylation sites is 1. The van der Waals surface area contributed by atoms with E-state index in [1.807, 2.05) is 54.6 Å². The van der Waals surface area contributed by atoms with Gasteiger partial charge in [0.2, 0.25) is 5.91 Å². The maximum atomic E-state index is 13.5. The summed E-state index contributed by atoms with van der Waals surface area (Å²) in [7, 11) is 0. The number of nitrogens with zero attached hydrogens (tertiary/aromatic N) is 1. The molecule has 8 nitrogen and oxygen atoms in total. The molecule has 1 aromatic heterocycles. The van der Waals surface area contributed by atoms with Crippen LogP contribution in [0.5, 0.6) is 11.5 Å². The van der Waals surface area contributed by atoms with Crippen LogP contribution < -0.4 is 10.1 Å². The number of carbonyl (C=O) groups excluding carboxylic acids is 3. The second-order valence-corrected chi connectivity index (χ2v) is 10.0. The zero-order chi connectivity index (χ0) is 29.2. The molecule has 0 aliphatic carbocycles. The molecule has 1 N–H and O–H groups in total. The number of allylic oxidation sites excluding steroid dienone is 1. The molecular formula is C33H38N2O6. The summed E-state index contributed by atoms with van der Waals surface area (Å²) in [6, 6.07) is 20.1. The molecule has 2 aromatic carbocycles. The van der Waals surface area contributed by atoms with E-state index in [4.69, 9.17) is 13.9 Å². The third-order valence-corrected chi connectivity index (χ3v) is 7.07. The summed E-state index contributed by atoms with van der Waals surface area (Å²) >= 11 is 0. The van der Waals surface area contributed by atoms with E-state index in [0.29, 0.717) is 35.1 Å². The second-order valence-electron chi connectivity index (χ2n) is 10.0. The number of furan rings is 1. The number of ether oxygens (including phenoxy) is 2. The lowest BCUT2D eigenvalue weighted by molar-refractivity contribution is -0.140. The maximum absolute atomic E-state index is 13.5. The Hall–Kier alpha value is -4.33. The van der Waals surface area contributed by atoms with Gasteiger partial charge in [-0.1, -0.05) is 56.5 Å². The lowest BCUT2D eigenvalue weighted by Crippen LogP contribution is -2.38. The molecule has 8 heteroatoms. The van der Waals surface area contributed by atoms with Gasteiger partial charge in [-0.3, -0.25) is 9.59 Å². The van der Waals surface area contributed by atoms with Crippen LogP contribution in [0.1, 0.15) is 80.7 Å². The van der Waals surface area contributed by atoms with Gasteiger partial charge in [-0.05, 0) is 62.2 Å². The number of hydrogen-bond acceptors (Lipinski definition) is 6. The molecule has 1 aliphatic rings. The minimum Gasteiger partial charge on any atom is -0.463 e. The van der Waals surface area contributed by atoms with E-state index in [2.05, 4.69) is 12.2 Å². The van der Waals surface area contributed by atoms with Crippen LogP contribution in [0.15, 0.2) is 82.4 Å². The van der Waals surface area contributed by atoms with Crippen molar-refractivity contribution >= 4 is 17.8 Å². The lowest BCUT2D eigenvalue weighted by Gasteiger charge is -2.34. The number of benzene rings is 2. The van der Waals surface area contributed by atoms with Crippen molar-refractivity contribution in [2.75, 3.05) is 13.2 Å². The number of unbranched alkanes of at least 4 members (excludes halogenated alkanes) is 3. The van der Waals surface area contributed by atoms with Crippen molar-refractivity contribution in [2.24, 2.45) is 0 Å². The molecule has 0 bridgehead atoms. The second kappa shape index (κ2) is 14.3. The first kappa shape index (κ1) is 29.6. The Bertz CT molecular complexity index is 1380. The van der Waals surface area contributed by atoms with E-state index in [1.165, 1.54) is 4.90 Å². The van der Waals surface area contributed by atoms with Crippen LogP contribution in [0.25, 0.3) is 0 Å². The van der Waals surface area contributed by atoms with Crippen molar-refractivity contribution in [3.8, 4) is 11.5 Å². The van der Waals surface area contributed by atoms with Crippen molar-refractivity contribution < 1.29 is 28.3 Å². The number of hydrogen-bond donors (Lipinski definition) is 1. The fourth-order valence-electron chi connectivity index (χ4n) is 4.96. The van der Waals surface area contributed by atoms with Gasteiger partial charge in [0.1, 0.15) is 17.3 Å². The molecule has 0 spiro atoms. The van der Waals surface area contributed by atoms with E-state index < -0.39 is 11.9 Å². The van der Waals surface area contributed by atoms with Crippen molar-refractivity contribution in [3.63, 3.8) is 0 Å². The van der Waals surface area contributed by atoms with Gasteiger partial charge in [-0.2, -0.15) is 0 Å². The molecular weight excluding hydrogens is 520 g/mol. The van der Waals surface area contributed by atoms with Gasteiger partial charge in [-0.15, -0.1) is 0 Å². The first-order valence-electron chi connectivity index (χ1n) is 14.3. The fourth-order valence-corrected chi connectivity index (χ4v) is 4.96. The fraction of sp³-hybridized carbons (Fsp3) is 0.364. The van der Waals surface area contributed by atoms with Crippen LogP contribution in [0.2, 0.25) is 0 Å². The van der Waals surface area contributed by atoms with Gasteiger partial charge in [0, 0.05) is 24.6 Å². The highest BCUT2D eigenvalue weighted by Gasteiger charge is 2.37. The van der Waals surface area contributed by atoms with E-state index in [9.17, 15) is 14.4 Å². The Balaban J connectivity index is 1.54. The molecule has 0 fully saturated rings. The third kappa shape index (κ3) is 7.66. The maximum Gasteiger partial charge on any atom is 0.336 e. The largest absolute Gasteiger partial charge is 0.463 e. The smallest absolute Gasteiger partial charge is 0.336 e. The van der Waals surface area contributed by atoms with Gasteiger partial charge in [0.25, 0.3) is 5.91 Å². The van der Waals surface area contributed by atoms with Crippen molar-refractivity contribution in [3.05, 3.63) is 95.1 Å². The van der Waals surface area contributed by atoms with Gasteiger partial charge in [-0.25, -0.2) is 4.79 Å². The summed E-state index contributed by atoms with van der Waals surface area (Å²) in [6.07, 6.45) is 4.33. The first-order valence-corrected chi connectivity index (χ1v) is 14.3. The molecule has 216 valence electrons. The summed E-state index contributed by atoms with van der Waals surface area (Å²) in [5, 5.41) is 2.88. The SMILES string of the molecule is CCCCCCNC(=O)c1ccc(CN2C(=O)CC(c3cccc(Oc4ccccc4)c3)C(C(=O)OCC)=C2C)o1. The highest BCUT2D eigenvalue weighted by atomic mass is 16.5. The number of esters is 1. The predicted octanol–water partition coefficient (Wildman–Crippen LogP) is 6.74. The minimum absolute atomic E-state index is 0.0755. The molecule has 2 amide bonds. The van der Waals surface area contributed by atoms with E-state index >= 15 is 0 Å². The Morgan fingerprint density at radius 1 is 0.976 bits per heavy atom. The molecule has 0 radical (unpaired) electrons. The molecule has 2 heterocycles. The summed E-state index contributed by atoms with van der Waals surface area (Å²) in [5.41, 5.74) is 1.70. The quantitative estimate of drug-likeness (QED) is 0.184. The molecule has 4 rings (SSSR count). The molecule has 3 aromatic rings. The topological polar surface area (TPSA) is 98.1 Å².